The maximum Gasteiger partial charge on any atom is 0.278 e. The summed E-state index contributed by atoms with van der Waals surface area (Å²) in [6.07, 6.45) is 0.742. The molecule has 0 aliphatic heterocycles. The summed E-state index contributed by atoms with van der Waals surface area (Å²) in [4.78, 5) is 24.7. The maximum absolute atomic E-state index is 12.9. The molecular weight excluding hydrogens is 350 g/mol. The van der Waals surface area contributed by atoms with Crippen molar-refractivity contribution in [2.75, 3.05) is 5.32 Å². The van der Waals surface area contributed by atoms with E-state index in [0.29, 0.717) is 11.3 Å². The number of nitrogens with one attached hydrogen (secondary N) is 1. The predicted molar refractivity (Wildman–Crippen MR) is 111 cm³/mol. The first-order valence-corrected chi connectivity index (χ1v) is 9.41. The van der Waals surface area contributed by atoms with E-state index in [2.05, 4.69) is 22.5 Å². The molecule has 0 saturated heterocycles. The average Bonchev–Trinajstić information content (AvgIpc) is 2.97. The zero-order chi connectivity index (χ0) is 20.3. The fourth-order valence-corrected chi connectivity index (χ4v) is 3.03. The van der Waals surface area contributed by atoms with Crippen LogP contribution in [0.5, 0.6) is 0 Å². The molecule has 5 heteroatoms. The van der Waals surface area contributed by atoms with Gasteiger partial charge in [0.1, 0.15) is 0 Å². The summed E-state index contributed by atoms with van der Waals surface area (Å²) in [6.45, 7) is 7.53. The van der Waals surface area contributed by atoms with Gasteiger partial charge in [-0.3, -0.25) is 9.59 Å². The molecule has 28 heavy (non-hydrogen) atoms. The molecule has 2 aromatic carbocycles. The lowest BCUT2D eigenvalue weighted by Gasteiger charge is -2.09. The van der Waals surface area contributed by atoms with E-state index in [0.717, 1.165) is 23.4 Å². The summed E-state index contributed by atoms with van der Waals surface area (Å²) in [7, 11) is 0. The molecule has 3 rings (SSSR count). The number of anilines is 1. The number of carbonyl (C=O) groups is 2. The second kappa shape index (κ2) is 8.21. The number of rotatable bonds is 5. The highest BCUT2D eigenvalue weighted by molar-refractivity contribution is 5.97. The fraction of sp³-hybridized carbons (Fsp3) is 0.261. The van der Waals surface area contributed by atoms with Crippen molar-refractivity contribution in [1.29, 1.82) is 0 Å². The topological polar surface area (TPSA) is 64.0 Å². The normalized spacial score (nSPS) is 10.9. The first-order valence-electron chi connectivity index (χ1n) is 9.41. The Hall–Kier alpha value is -3.21. The van der Waals surface area contributed by atoms with Crippen molar-refractivity contribution >= 4 is 17.5 Å². The van der Waals surface area contributed by atoms with Crippen LogP contribution < -0.4 is 5.32 Å². The van der Waals surface area contributed by atoms with Crippen LogP contribution in [0.25, 0.3) is 0 Å². The summed E-state index contributed by atoms with van der Waals surface area (Å²) in [5.41, 5.74) is 5.16. The summed E-state index contributed by atoms with van der Waals surface area (Å²) in [5, 5.41) is 7.30. The highest BCUT2D eigenvalue weighted by atomic mass is 16.2. The number of aromatic nitrogens is 2. The highest BCUT2D eigenvalue weighted by Crippen LogP contribution is 2.19. The molecule has 0 spiro atoms. The van der Waals surface area contributed by atoms with E-state index in [1.54, 1.807) is 24.3 Å². The van der Waals surface area contributed by atoms with Crippen molar-refractivity contribution in [2.45, 2.75) is 34.1 Å². The van der Waals surface area contributed by atoms with Crippen LogP contribution >= 0.6 is 0 Å². The van der Waals surface area contributed by atoms with Crippen molar-refractivity contribution in [2.24, 2.45) is 5.92 Å². The lowest BCUT2D eigenvalue weighted by atomic mass is 10.0. The highest BCUT2D eigenvalue weighted by Gasteiger charge is 2.18. The molecule has 1 heterocycles. The van der Waals surface area contributed by atoms with Gasteiger partial charge in [-0.1, -0.05) is 44.2 Å². The minimum atomic E-state index is -0.179. The number of amides is 1. The Balaban J connectivity index is 1.81. The number of carbonyl (C=O) groups excluding carboxylic acids is 2. The third kappa shape index (κ3) is 4.19. The SMILES string of the molecule is Cc1nn(C(=O)c2ccc(NC(=O)C(C)C)cc2)c(C)c1Cc1ccccc1. The van der Waals surface area contributed by atoms with Crippen molar-refractivity contribution in [3.8, 4) is 0 Å². The molecule has 1 aromatic heterocycles. The smallest absolute Gasteiger partial charge is 0.278 e. The maximum atomic E-state index is 12.9. The van der Waals surface area contributed by atoms with E-state index in [4.69, 9.17) is 0 Å². The summed E-state index contributed by atoms with van der Waals surface area (Å²) in [6, 6.07) is 17.1. The number of hydrogen-bond donors (Lipinski definition) is 1. The third-order valence-corrected chi connectivity index (χ3v) is 4.78. The standard InChI is InChI=1S/C23H25N3O2/c1-15(2)22(27)24-20-12-10-19(11-13-20)23(28)26-17(4)21(16(3)25-26)14-18-8-6-5-7-9-18/h5-13,15H,14H2,1-4H3,(H,24,27). The molecule has 0 radical (unpaired) electrons. The van der Waals surface area contributed by atoms with Gasteiger partial charge in [0, 0.05) is 34.8 Å². The number of nitrogens with zero attached hydrogens (tertiary/aromatic N) is 2. The molecule has 1 N–H and O–H groups in total. The van der Waals surface area contributed by atoms with Crippen LogP contribution in [0.4, 0.5) is 5.69 Å². The van der Waals surface area contributed by atoms with Crippen LogP contribution in [0, 0.1) is 19.8 Å². The van der Waals surface area contributed by atoms with Gasteiger partial charge in [-0.05, 0) is 43.7 Å². The Morgan fingerprint density at radius 2 is 1.64 bits per heavy atom. The van der Waals surface area contributed by atoms with Crippen LogP contribution in [0.3, 0.4) is 0 Å². The third-order valence-electron chi connectivity index (χ3n) is 4.78. The number of aryl methyl sites for hydroxylation is 1. The fourth-order valence-electron chi connectivity index (χ4n) is 3.03. The van der Waals surface area contributed by atoms with Gasteiger partial charge >= 0.3 is 0 Å². The van der Waals surface area contributed by atoms with E-state index in [9.17, 15) is 9.59 Å². The summed E-state index contributed by atoms with van der Waals surface area (Å²) >= 11 is 0. The number of hydrogen-bond acceptors (Lipinski definition) is 3. The minimum absolute atomic E-state index is 0.0526. The molecule has 0 saturated carbocycles. The second-order valence-electron chi connectivity index (χ2n) is 7.25. The van der Waals surface area contributed by atoms with E-state index in [1.807, 2.05) is 45.9 Å². The van der Waals surface area contributed by atoms with Gasteiger partial charge in [0.25, 0.3) is 5.91 Å². The monoisotopic (exact) mass is 375 g/mol. The molecule has 0 bridgehead atoms. The number of benzene rings is 2. The van der Waals surface area contributed by atoms with Crippen molar-refractivity contribution in [3.05, 3.63) is 82.7 Å². The largest absolute Gasteiger partial charge is 0.326 e. The molecule has 5 nitrogen and oxygen atoms in total. The van der Waals surface area contributed by atoms with Crippen LogP contribution in [-0.2, 0) is 11.2 Å². The van der Waals surface area contributed by atoms with Gasteiger partial charge in [-0.15, -0.1) is 0 Å². The average molecular weight is 375 g/mol. The zero-order valence-corrected chi connectivity index (χ0v) is 16.7. The summed E-state index contributed by atoms with van der Waals surface area (Å²) in [5.74, 6) is -0.330. The lowest BCUT2D eigenvalue weighted by Crippen LogP contribution is -2.18. The molecule has 0 aliphatic carbocycles. The quantitative estimate of drug-likeness (QED) is 0.720. The van der Waals surface area contributed by atoms with Crippen molar-refractivity contribution < 1.29 is 9.59 Å². The van der Waals surface area contributed by atoms with Gasteiger partial charge in [0.15, 0.2) is 0 Å². The lowest BCUT2D eigenvalue weighted by molar-refractivity contribution is -0.118. The Kier molecular flexibility index (Phi) is 5.73. The Morgan fingerprint density at radius 1 is 1.00 bits per heavy atom. The van der Waals surface area contributed by atoms with Gasteiger partial charge in [0.2, 0.25) is 5.91 Å². The molecule has 144 valence electrons. The second-order valence-corrected chi connectivity index (χ2v) is 7.25. The Labute approximate surface area is 165 Å². The molecule has 1 amide bonds. The van der Waals surface area contributed by atoms with E-state index in [1.165, 1.54) is 10.2 Å². The first kappa shape index (κ1) is 19.5. The van der Waals surface area contributed by atoms with E-state index >= 15 is 0 Å². The van der Waals surface area contributed by atoms with Gasteiger partial charge in [0.05, 0.1) is 5.69 Å². The van der Waals surface area contributed by atoms with E-state index in [-0.39, 0.29) is 17.7 Å². The van der Waals surface area contributed by atoms with Crippen LogP contribution in [0.15, 0.2) is 54.6 Å². The Morgan fingerprint density at radius 3 is 2.25 bits per heavy atom. The van der Waals surface area contributed by atoms with Gasteiger partial charge in [-0.2, -0.15) is 5.10 Å². The van der Waals surface area contributed by atoms with Gasteiger partial charge in [-0.25, -0.2) is 4.68 Å². The van der Waals surface area contributed by atoms with Crippen molar-refractivity contribution in [3.63, 3.8) is 0 Å². The molecule has 3 aromatic rings. The van der Waals surface area contributed by atoms with Crippen LogP contribution in [0.2, 0.25) is 0 Å². The summed E-state index contributed by atoms with van der Waals surface area (Å²) < 4.78 is 1.47. The minimum Gasteiger partial charge on any atom is -0.326 e. The molecular formula is C23H25N3O2. The van der Waals surface area contributed by atoms with Crippen LogP contribution in [0.1, 0.15) is 46.7 Å². The van der Waals surface area contributed by atoms with E-state index < -0.39 is 0 Å². The van der Waals surface area contributed by atoms with Crippen molar-refractivity contribution in [1.82, 2.24) is 9.78 Å². The Bertz CT molecular complexity index is 987. The molecule has 0 aliphatic rings. The molecule has 0 atom stereocenters. The predicted octanol–water partition coefficient (Wildman–Crippen LogP) is 4.37. The zero-order valence-electron chi connectivity index (χ0n) is 16.7. The van der Waals surface area contributed by atoms with Crippen LogP contribution in [-0.4, -0.2) is 21.6 Å². The molecule has 0 fully saturated rings. The first-order chi connectivity index (χ1) is 13.4. The van der Waals surface area contributed by atoms with Gasteiger partial charge < -0.3 is 5.32 Å². The molecule has 0 unspecified atom stereocenters.